The van der Waals surface area contributed by atoms with Gasteiger partial charge in [0.05, 0.1) is 0 Å². The lowest BCUT2D eigenvalue weighted by atomic mass is 9.96. The molecule has 1 rings (SSSR count). The molecule has 1 saturated heterocycles. The summed E-state index contributed by atoms with van der Waals surface area (Å²) in [6.45, 7) is 11.2. The molecule has 1 N–H and O–H groups in total. The van der Waals surface area contributed by atoms with E-state index in [1.807, 2.05) is 11.8 Å². The van der Waals surface area contributed by atoms with Crippen LogP contribution >= 0.6 is 11.8 Å². The van der Waals surface area contributed by atoms with Crippen molar-refractivity contribution < 1.29 is 0 Å². The summed E-state index contributed by atoms with van der Waals surface area (Å²) >= 11 is 1.88. The molecule has 1 unspecified atom stereocenters. The third-order valence-corrected chi connectivity index (χ3v) is 5.05. The minimum atomic E-state index is 0.266. The molecule has 0 aromatic carbocycles. The van der Waals surface area contributed by atoms with E-state index in [2.05, 4.69) is 45.0 Å². The fraction of sp³-hybridized carbons (Fsp3) is 0.933. The Balaban J connectivity index is 2.22. The molecule has 112 valence electrons. The molecule has 1 fully saturated rings. The Hall–Kier alpha value is -0.220. The molecule has 19 heavy (non-hydrogen) atoms. The highest BCUT2D eigenvalue weighted by Crippen LogP contribution is 2.24. The molecule has 4 heteroatoms. The molecular weight excluding hydrogens is 254 g/mol. The first kappa shape index (κ1) is 16.8. The van der Waals surface area contributed by atoms with Crippen LogP contribution in [0.25, 0.3) is 0 Å². The molecule has 0 aliphatic carbocycles. The fourth-order valence-electron chi connectivity index (χ4n) is 1.99. The Morgan fingerprint density at radius 2 is 2.16 bits per heavy atom. The summed E-state index contributed by atoms with van der Waals surface area (Å²) in [6, 6.07) is 0.646. The Labute approximate surface area is 123 Å². The molecule has 0 aromatic heterocycles. The minimum absolute atomic E-state index is 0.266. The molecule has 1 atom stereocenters. The van der Waals surface area contributed by atoms with Crippen LogP contribution in [-0.2, 0) is 0 Å². The van der Waals surface area contributed by atoms with Gasteiger partial charge in [-0.05, 0) is 60.0 Å². The molecule has 0 amide bonds. The first-order chi connectivity index (χ1) is 8.97. The lowest BCUT2D eigenvalue weighted by Gasteiger charge is -2.35. The highest BCUT2D eigenvalue weighted by Gasteiger charge is 2.27. The van der Waals surface area contributed by atoms with Crippen LogP contribution in [0.15, 0.2) is 4.99 Å². The van der Waals surface area contributed by atoms with E-state index in [4.69, 9.17) is 4.99 Å². The van der Waals surface area contributed by atoms with Crippen molar-refractivity contribution in [1.29, 1.82) is 0 Å². The van der Waals surface area contributed by atoms with Crippen LogP contribution in [0, 0.1) is 0 Å². The van der Waals surface area contributed by atoms with Crippen molar-refractivity contribution in [2.24, 2.45) is 4.99 Å². The number of aliphatic imine (C=N–C) groups is 1. The summed E-state index contributed by atoms with van der Waals surface area (Å²) < 4.78 is 0. The summed E-state index contributed by atoms with van der Waals surface area (Å²) in [5.41, 5.74) is 0.266. The number of amidine groups is 1. The van der Waals surface area contributed by atoms with Gasteiger partial charge < -0.3 is 10.2 Å². The van der Waals surface area contributed by atoms with Gasteiger partial charge in [0.1, 0.15) is 0 Å². The standard InChI is InChI=1S/C15H31N3S/c1-6-15(4)9-12-19-14(17-15)16-10-7-8-11-18(5)13(2)3/h13H,6-12H2,1-5H3,(H,16,17). The van der Waals surface area contributed by atoms with Crippen LogP contribution in [0.1, 0.15) is 53.4 Å². The Morgan fingerprint density at radius 1 is 1.42 bits per heavy atom. The maximum Gasteiger partial charge on any atom is 0.156 e. The zero-order valence-corrected chi connectivity index (χ0v) is 14.1. The predicted octanol–water partition coefficient (Wildman–Crippen LogP) is 3.36. The molecule has 1 aliphatic heterocycles. The summed E-state index contributed by atoms with van der Waals surface area (Å²) in [4.78, 5) is 7.12. The maximum absolute atomic E-state index is 4.72. The zero-order valence-electron chi connectivity index (χ0n) is 13.3. The predicted molar refractivity (Wildman–Crippen MR) is 88.2 cm³/mol. The van der Waals surface area contributed by atoms with Crippen LogP contribution < -0.4 is 5.32 Å². The van der Waals surface area contributed by atoms with Crippen molar-refractivity contribution >= 4 is 16.9 Å². The maximum atomic E-state index is 4.72. The van der Waals surface area contributed by atoms with Gasteiger partial charge in [-0.2, -0.15) is 0 Å². The van der Waals surface area contributed by atoms with Crippen molar-refractivity contribution in [2.75, 3.05) is 25.9 Å². The summed E-state index contributed by atoms with van der Waals surface area (Å²) in [6.07, 6.45) is 4.84. The number of hydrogen-bond acceptors (Lipinski definition) is 3. The quantitative estimate of drug-likeness (QED) is 0.727. The molecule has 3 nitrogen and oxygen atoms in total. The molecule has 0 spiro atoms. The van der Waals surface area contributed by atoms with E-state index >= 15 is 0 Å². The number of unbranched alkanes of at least 4 members (excludes halogenated alkanes) is 1. The van der Waals surface area contributed by atoms with Gasteiger partial charge in [-0.15, -0.1) is 0 Å². The molecule has 0 aromatic rings. The zero-order chi connectivity index (χ0) is 14.3. The average Bonchev–Trinajstić information content (AvgIpc) is 2.38. The number of thioether (sulfide) groups is 1. The van der Waals surface area contributed by atoms with Gasteiger partial charge in [0, 0.05) is 23.9 Å². The topological polar surface area (TPSA) is 27.6 Å². The van der Waals surface area contributed by atoms with E-state index < -0.39 is 0 Å². The fourth-order valence-corrected chi connectivity index (χ4v) is 3.24. The van der Waals surface area contributed by atoms with Gasteiger partial charge in [0.2, 0.25) is 0 Å². The van der Waals surface area contributed by atoms with E-state index in [1.54, 1.807) is 0 Å². The van der Waals surface area contributed by atoms with Gasteiger partial charge in [-0.3, -0.25) is 4.99 Å². The first-order valence-electron chi connectivity index (χ1n) is 7.62. The third-order valence-electron chi connectivity index (χ3n) is 4.14. The number of nitrogens with one attached hydrogen (secondary N) is 1. The molecule has 0 bridgehead atoms. The summed E-state index contributed by atoms with van der Waals surface area (Å²) in [5, 5.41) is 4.76. The van der Waals surface area contributed by atoms with Gasteiger partial charge >= 0.3 is 0 Å². The van der Waals surface area contributed by atoms with Gasteiger partial charge in [0.25, 0.3) is 0 Å². The Kier molecular flexibility index (Phi) is 7.22. The largest absolute Gasteiger partial charge is 0.360 e. The van der Waals surface area contributed by atoms with Crippen molar-refractivity contribution in [2.45, 2.75) is 65.0 Å². The second kappa shape index (κ2) is 8.15. The van der Waals surface area contributed by atoms with E-state index in [0.717, 1.165) is 11.7 Å². The number of hydrogen-bond donors (Lipinski definition) is 1. The number of nitrogens with zero attached hydrogens (tertiary/aromatic N) is 2. The van der Waals surface area contributed by atoms with E-state index in [1.165, 1.54) is 38.0 Å². The lowest BCUT2D eigenvalue weighted by Crippen LogP contribution is -2.48. The highest BCUT2D eigenvalue weighted by molar-refractivity contribution is 8.13. The molecule has 1 aliphatic rings. The van der Waals surface area contributed by atoms with E-state index in [-0.39, 0.29) is 5.54 Å². The molecule has 0 radical (unpaired) electrons. The van der Waals surface area contributed by atoms with Crippen LogP contribution in [-0.4, -0.2) is 47.5 Å². The van der Waals surface area contributed by atoms with Crippen LogP contribution in [0.2, 0.25) is 0 Å². The van der Waals surface area contributed by atoms with E-state index in [9.17, 15) is 0 Å². The normalized spacial score (nSPS) is 26.2. The monoisotopic (exact) mass is 285 g/mol. The van der Waals surface area contributed by atoms with Crippen molar-refractivity contribution in [3.63, 3.8) is 0 Å². The second-order valence-electron chi connectivity index (χ2n) is 6.11. The molecule has 1 heterocycles. The van der Waals surface area contributed by atoms with Gasteiger partial charge in [-0.1, -0.05) is 18.7 Å². The SMILES string of the molecule is CCC1(C)CCSC(=NCCCCN(C)C(C)C)N1. The Bertz CT molecular complexity index is 291. The first-order valence-corrected chi connectivity index (χ1v) is 8.61. The third kappa shape index (κ3) is 6.17. The van der Waals surface area contributed by atoms with Gasteiger partial charge in [-0.25, -0.2) is 0 Å². The Morgan fingerprint density at radius 3 is 2.79 bits per heavy atom. The van der Waals surface area contributed by atoms with E-state index in [0.29, 0.717) is 6.04 Å². The minimum Gasteiger partial charge on any atom is -0.360 e. The van der Waals surface area contributed by atoms with Crippen LogP contribution in [0.4, 0.5) is 0 Å². The highest BCUT2D eigenvalue weighted by atomic mass is 32.2. The van der Waals surface area contributed by atoms with Crippen LogP contribution in [0.3, 0.4) is 0 Å². The number of rotatable bonds is 7. The molecular formula is C15H31N3S. The average molecular weight is 286 g/mol. The van der Waals surface area contributed by atoms with Gasteiger partial charge in [0.15, 0.2) is 5.17 Å². The van der Waals surface area contributed by atoms with Crippen molar-refractivity contribution in [3.05, 3.63) is 0 Å². The smallest absolute Gasteiger partial charge is 0.156 e. The van der Waals surface area contributed by atoms with Crippen molar-refractivity contribution in [1.82, 2.24) is 10.2 Å². The second-order valence-corrected chi connectivity index (χ2v) is 7.19. The van der Waals surface area contributed by atoms with Crippen LogP contribution in [0.5, 0.6) is 0 Å². The van der Waals surface area contributed by atoms with Crippen molar-refractivity contribution in [3.8, 4) is 0 Å². The molecule has 0 saturated carbocycles. The lowest BCUT2D eigenvalue weighted by molar-refractivity contribution is 0.269. The summed E-state index contributed by atoms with van der Waals surface area (Å²) in [5.74, 6) is 1.20. The summed E-state index contributed by atoms with van der Waals surface area (Å²) in [7, 11) is 2.20.